The van der Waals surface area contributed by atoms with Crippen molar-refractivity contribution >= 4 is 34.9 Å². The summed E-state index contributed by atoms with van der Waals surface area (Å²) in [6, 6.07) is 12.4. The van der Waals surface area contributed by atoms with Crippen LogP contribution < -0.4 is 10.1 Å². The van der Waals surface area contributed by atoms with Gasteiger partial charge in [-0.3, -0.25) is 19.3 Å². The number of carbonyl (C=O) groups excluding carboxylic acids is 3. The maximum Gasteiger partial charge on any atom is 0.293 e. The van der Waals surface area contributed by atoms with Gasteiger partial charge >= 0.3 is 0 Å². The molecule has 3 amide bonds. The summed E-state index contributed by atoms with van der Waals surface area (Å²) in [5, 5.41) is 2.31. The first-order chi connectivity index (χ1) is 16.0. The summed E-state index contributed by atoms with van der Waals surface area (Å²) in [5.41, 5.74) is 1.07. The third-order valence-corrected chi connectivity index (χ3v) is 6.15. The molecule has 4 rings (SSSR count). The van der Waals surface area contributed by atoms with Crippen molar-refractivity contribution in [3.8, 4) is 5.75 Å². The highest BCUT2D eigenvalue weighted by molar-refractivity contribution is 8.18. The van der Waals surface area contributed by atoms with Crippen LogP contribution in [0.3, 0.4) is 0 Å². The van der Waals surface area contributed by atoms with E-state index in [0.29, 0.717) is 23.5 Å². The Morgan fingerprint density at radius 2 is 1.94 bits per heavy atom. The number of nitrogens with zero attached hydrogens (tertiary/aromatic N) is 1. The number of rotatable bonds is 8. The summed E-state index contributed by atoms with van der Waals surface area (Å²) in [6.07, 6.45) is 3.70. The minimum absolute atomic E-state index is 0.0553. The summed E-state index contributed by atoms with van der Waals surface area (Å²) < 4.78 is 24.3. The molecule has 2 saturated heterocycles. The Kier molecular flexibility index (Phi) is 7.41. The molecule has 1 atom stereocenters. The Balaban J connectivity index is 1.25. The Labute approximate surface area is 194 Å². The van der Waals surface area contributed by atoms with Crippen LogP contribution in [-0.2, 0) is 9.53 Å². The van der Waals surface area contributed by atoms with E-state index in [-0.39, 0.29) is 35.8 Å². The van der Waals surface area contributed by atoms with Crippen LogP contribution in [0.2, 0.25) is 0 Å². The number of hydrogen-bond donors (Lipinski definition) is 1. The molecule has 172 valence electrons. The Morgan fingerprint density at radius 3 is 2.64 bits per heavy atom. The second-order valence-corrected chi connectivity index (χ2v) is 8.60. The van der Waals surface area contributed by atoms with Gasteiger partial charge in [0.2, 0.25) is 0 Å². The predicted molar refractivity (Wildman–Crippen MR) is 122 cm³/mol. The molecule has 0 saturated carbocycles. The van der Waals surface area contributed by atoms with Crippen LogP contribution in [0.25, 0.3) is 6.08 Å². The van der Waals surface area contributed by atoms with Crippen molar-refractivity contribution in [2.45, 2.75) is 18.9 Å². The molecule has 0 aromatic heterocycles. The molecule has 1 N–H and O–H groups in total. The van der Waals surface area contributed by atoms with E-state index in [9.17, 15) is 18.8 Å². The van der Waals surface area contributed by atoms with E-state index in [1.165, 1.54) is 24.3 Å². The third-order valence-electron chi connectivity index (χ3n) is 5.24. The van der Waals surface area contributed by atoms with Crippen LogP contribution in [0, 0.1) is 5.82 Å². The summed E-state index contributed by atoms with van der Waals surface area (Å²) >= 11 is 0.821. The lowest BCUT2D eigenvalue weighted by molar-refractivity contribution is -0.122. The number of carbonyl (C=O) groups is 3. The lowest BCUT2D eigenvalue weighted by atomic mass is 10.2. The van der Waals surface area contributed by atoms with Gasteiger partial charge in [0.1, 0.15) is 18.2 Å². The van der Waals surface area contributed by atoms with E-state index in [2.05, 4.69) is 5.32 Å². The van der Waals surface area contributed by atoms with Crippen LogP contribution in [0.4, 0.5) is 9.18 Å². The smallest absolute Gasteiger partial charge is 0.293 e. The van der Waals surface area contributed by atoms with Gasteiger partial charge in [-0.05, 0) is 72.6 Å². The van der Waals surface area contributed by atoms with Gasteiger partial charge < -0.3 is 14.8 Å². The molecule has 7 nitrogen and oxygen atoms in total. The number of ether oxygens (including phenoxy) is 2. The molecule has 2 aromatic rings. The highest BCUT2D eigenvalue weighted by atomic mass is 32.2. The van der Waals surface area contributed by atoms with Gasteiger partial charge in [-0.1, -0.05) is 12.1 Å². The van der Waals surface area contributed by atoms with Crippen molar-refractivity contribution in [3.05, 3.63) is 70.4 Å². The highest BCUT2D eigenvalue weighted by Crippen LogP contribution is 2.31. The van der Waals surface area contributed by atoms with Gasteiger partial charge in [-0.25, -0.2) is 4.39 Å². The van der Waals surface area contributed by atoms with Crippen molar-refractivity contribution in [1.29, 1.82) is 0 Å². The van der Waals surface area contributed by atoms with E-state index in [1.54, 1.807) is 30.3 Å². The lowest BCUT2D eigenvalue weighted by Gasteiger charge is -2.13. The maximum absolute atomic E-state index is 13.0. The molecule has 0 bridgehead atoms. The first kappa shape index (κ1) is 23.0. The molecular weight excluding hydrogens is 447 g/mol. The summed E-state index contributed by atoms with van der Waals surface area (Å²) in [6.45, 7) is 1.43. The van der Waals surface area contributed by atoms with Crippen molar-refractivity contribution in [1.82, 2.24) is 10.2 Å². The summed E-state index contributed by atoms with van der Waals surface area (Å²) in [7, 11) is 0. The van der Waals surface area contributed by atoms with Gasteiger partial charge in [0, 0.05) is 25.3 Å². The molecule has 0 aliphatic carbocycles. The maximum atomic E-state index is 13.0. The molecule has 2 aliphatic rings. The molecular formula is C24H23FN2O5S. The number of imide groups is 1. The minimum Gasteiger partial charge on any atom is -0.491 e. The average molecular weight is 471 g/mol. The molecule has 0 radical (unpaired) electrons. The first-order valence-corrected chi connectivity index (χ1v) is 11.4. The topological polar surface area (TPSA) is 84.9 Å². The minimum atomic E-state index is -0.434. The summed E-state index contributed by atoms with van der Waals surface area (Å²) in [5.74, 6) is -0.463. The number of halogens is 1. The van der Waals surface area contributed by atoms with E-state index in [1.807, 2.05) is 0 Å². The van der Waals surface area contributed by atoms with Gasteiger partial charge in [-0.15, -0.1) is 0 Å². The van der Waals surface area contributed by atoms with Crippen LogP contribution >= 0.6 is 11.8 Å². The molecule has 2 aliphatic heterocycles. The number of nitrogens with one attached hydrogen (secondary N) is 1. The van der Waals surface area contributed by atoms with E-state index in [4.69, 9.17) is 9.47 Å². The Bertz CT molecular complexity index is 1050. The molecule has 2 heterocycles. The van der Waals surface area contributed by atoms with E-state index in [0.717, 1.165) is 36.1 Å². The lowest BCUT2D eigenvalue weighted by Crippen LogP contribution is -2.37. The predicted octanol–water partition coefficient (Wildman–Crippen LogP) is 3.85. The van der Waals surface area contributed by atoms with Crippen molar-refractivity contribution in [3.63, 3.8) is 0 Å². The van der Waals surface area contributed by atoms with Crippen molar-refractivity contribution < 1.29 is 28.2 Å². The van der Waals surface area contributed by atoms with E-state index < -0.39 is 11.1 Å². The first-order valence-electron chi connectivity index (χ1n) is 10.6. The number of hydrogen-bond acceptors (Lipinski definition) is 6. The fourth-order valence-corrected chi connectivity index (χ4v) is 4.32. The summed E-state index contributed by atoms with van der Waals surface area (Å²) in [4.78, 5) is 38.5. The Hall–Kier alpha value is -3.17. The van der Waals surface area contributed by atoms with Crippen LogP contribution in [-0.4, -0.2) is 54.4 Å². The number of benzene rings is 2. The van der Waals surface area contributed by atoms with Gasteiger partial charge in [0.15, 0.2) is 0 Å². The third kappa shape index (κ3) is 6.00. The van der Waals surface area contributed by atoms with Crippen molar-refractivity contribution in [2.24, 2.45) is 0 Å². The highest BCUT2D eigenvalue weighted by Gasteiger charge is 2.34. The number of thioether (sulfide) groups is 1. The largest absolute Gasteiger partial charge is 0.491 e. The zero-order chi connectivity index (χ0) is 23.2. The van der Waals surface area contributed by atoms with Crippen LogP contribution in [0.1, 0.15) is 28.8 Å². The fourth-order valence-electron chi connectivity index (χ4n) is 3.45. The second kappa shape index (κ2) is 10.6. The standard InChI is InChI=1S/C24H23FN2O5S/c25-18-7-3-16(4-8-18)14-21-23(29)27(24(30)33-21)12-11-26-22(28)17-5-9-19(10-6-17)32-15-20-2-1-13-31-20/h3-10,14,20H,1-2,11-13,15H2,(H,26,28)/b21-14-. The van der Waals surface area contributed by atoms with Gasteiger partial charge in [0.25, 0.3) is 17.1 Å². The van der Waals surface area contributed by atoms with Crippen LogP contribution in [0.15, 0.2) is 53.4 Å². The van der Waals surface area contributed by atoms with Crippen molar-refractivity contribution in [2.75, 3.05) is 26.3 Å². The molecule has 9 heteroatoms. The second-order valence-electron chi connectivity index (χ2n) is 7.61. The monoisotopic (exact) mass is 470 g/mol. The quantitative estimate of drug-likeness (QED) is 0.590. The molecule has 0 spiro atoms. The Morgan fingerprint density at radius 1 is 1.18 bits per heavy atom. The average Bonchev–Trinajstić information content (AvgIpc) is 3.43. The molecule has 2 aromatic carbocycles. The van der Waals surface area contributed by atoms with Gasteiger partial charge in [0.05, 0.1) is 11.0 Å². The fraction of sp³-hybridized carbons (Fsp3) is 0.292. The van der Waals surface area contributed by atoms with Crippen LogP contribution in [0.5, 0.6) is 5.75 Å². The SMILES string of the molecule is O=C(NCCN1C(=O)S/C(=C\c2ccc(F)cc2)C1=O)c1ccc(OCC2CCCO2)cc1. The normalized spacial score (nSPS) is 19.4. The zero-order valence-electron chi connectivity index (χ0n) is 17.8. The number of amides is 3. The zero-order valence-corrected chi connectivity index (χ0v) is 18.6. The molecule has 33 heavy (non-hydrogen) atoms. The molecule has 1 unspecified atom stereocenters. The van der Waals surface area contributed by atoms with Gasteiger partial charge in [-0.2, -0.15) is 0 Å². The van der Waals surface area contributed by atoms with E-state index >= 15 is 0 Å². The molecule has 2 fully saturated rings.